The van der Waals surface area contributed by atoms with E-state index in [-0.39, 0.29) is 0 Å². The van der Waals surface area contributed by atoms with Crippen LogP contribution in [0.5, 0.6) is 0 Å². The van der Waals surface area contributed by atoms with Crippen LogP contribution in [0.15, 0.2) is 12.3 Å². The molecule has 3 heteroatoms. The summed E-state index contributed by atoms with van der Waals surface area (Å²) in [5, 5.41) is 0. The summed E-state index contributed by atoms with van der Waals surface area (Å²) in [6.45, 7) is 4.32. The number of H-pyrrole nitrogens is 1. The van der Waals surface area contributed by atoms with E-state index in [1.54, 1.807) is 0 Å². The van der Waals surface area contributed by atoms with Crippen molar-refractivity contribution in [1.82, 2.24) is 15.0 Å². The Morgan fingerprint density at radius 3 is 2.58 bits per heavy atom. The summed E-state index contributed by atoms with van der Waals surface area (Å²) in [4.78, 5) is 12.2. The number of imidazole rings is 1. The molecule has 0 aliphatic carbocycles. The van der Waals surface area contributed by atoms with Gasteiger partial charge in [0.2, 0.25) is 0 Å². The molecule has 19 heavy (non-hydrogen) atoms. The van der Waals surface area contributed by atoms with Crippen molar-refractivity contribution in [3.05, 3.63) is 23.7 Å². The summed E-state index contributed by atoms with van der Waals surface area (Å²) >= 11 is 0. The Hall–Kier alpha value is -1.38. The van der Waals surface area contributed by atoms with Crippen LogP contribution in [-0.2, 0) is 6.42 Å². The number of hydrogen-bond donors (Lipinski definition) is 1. The second-order valence-electron chi connectivity index (χ2n) is 5.44. The Labute approximate surface area is 115 Å². The summed E-state index contributed by atoms with van der Waals surface area (Å²) in [5.74, 6) is 1.08. The van der Waals surface area contributed by atoms with Crippen molar-refractivity contribution in [2.45, 2.75) is 65.2 Å². The van der Waals surface area contributed by atoms with Gasteiger partial charge >= 0.3 is 0 Å². The molecule has 0 unspecified atom stereocenters. The molecule has 2 aromatic heterocycles. The molecule has 0 amide bonds. The molecule has 0 spiro atoms. The molecule has 2 rings (SSSR count). The topological polar surface area (TPSA) is 41.6 Å². The molecule has 1 N–H and O–H groups in total. The molecular formula is C16H25N3. The van der Waals surface area contributed by atoms with E-state index in [0.29, 0.717) is 0 Å². The van der Waals surface area contributed by atoms with Crippen molar-refractivity contribution < 1.29 is 0 Å². The summed E-state index contributed by atoms with van der Waals surface area (Å²) in [6, 6.07) is 2.11. The van der Waals surface area contributed by atoms with Gasteiger partial charge in [-0.3, -0.25) is 0 Å². The molecule has 0 aliphatic rings. The fraction of sp³-hybridized carbons (Fsp3) is 0.625. The van der Waals surface area contributed by atoms with Gasteiger partial charge in [0.1, 0.15) is 5.82 Å². The molecule has 0 bridgehead atoms. The van der Waals surface area contributed by atoms with Gasteiger partial charge in [-0.1, -0.05) is 45.4 Å². The van der Waals surface area contributed by atoms with Crippen LogP contribution in [-0.4, -0.2) is 15.0 Å². The minimum absolute atomic E-state index is 0.851. The molecule has 2 aromatic rings. The predicted molar refractivity (Wildman–Crippen MR) is 80.3 cm³/mol. The zero-order valence-electron chi connectivity index (χ0n) is 12.2. The van der Waals surface area contributed by atoms with Gasteiger partial charge in [0, 0.05) is 12.6 Å². The van der Waals surface area contributed by atoms with Gasteiger partial charge in [0.25, 0.3) is 0 Å². The van der Waals surface area contributed by atoms with Crippen molar-refractivity contribution in [1.29, 1.82) is 0 Å². The second-order valence-corrected chi connectivity index (χ2v) is 5.44. The smallest absolute Gasteiger partial charge is 0.177 e. The van der Waals surface area contributed by atoms with Gasteiger partial charge in [0.05, 0.1) is 5.52 Å². The minimum atomic E-state index is 0.851. The van der Waals surface area contributed by atoms with E-state index in [4.69, 9.17) is 0 Å². The van der Waals surface area contributed by atoms with Crippen LogP contribution in [0.3, 0.4) is 0 Å². The summed E-state index contributed by atoms with van der Waals surface area (Å²) in [5.41, 5.74) is 3.10. The molecule has 0 saturated carbocycles. The first-order valence-corrected chi connectivity index (χ1v) is 7.61. The summed E-state index contributed by atoms with van der Waals surface area (Å²) in [7, 11) is 0. The lowest BCUT2D eigenvalue weighted by Gasteiger charge is -1.99. The number of aromatic nitrogens is 3. The third-order valence-corrected chi connectivity index (χ3v) is 3.54. The van der Waals surface area contributed by atoms with Crippen molar-refractivity contribution in [2.24, 2.45) is 0 Å². The van der Waals surface area contributed by atoms with Gasteiger partial charge < -0.3 is 4.98 Å². The van der Waals surface area contributed by atoms with Gasteiger partial charge in [-0.15, -0.1) is 0 Å². The van der Waals surface area contributed by atoms with E-state index in [2.05, 4.69) is 34.9 Å². The lowest BCUT2D eigenvalue weighted by atomic mass is 10.1. The lowest BCUT2D eigenvalue weighted by Crippen LogP contribution is -1.88. The zero-order chi connectivity index (χ0) is 13.5. The van der Waals surface area contributed by atoms with Gasteiger partial charge in [-0.2, -0.15) is 0 Å². The molecular weight excluding hydrogens is 234 g/mol. The van der Waals surface area contributed by atoms with E-state index in [0.717, 1.165) is 23.4 Å². The SMILES string of the molecule is CCCCCCCCCc1nc2ncc(C)cc2[nH]1. The summed E-state index contributed by atoms with van der Waals surface area (Å²) < 4.78 is 0. The maximum Gasteiger partial charge on any atom is 0.177 e. The number of hydrogen-bond acceptors (Lipinski definition) is 2. The number of aromatic amines is 1. The summed E-state index contributed by atoms with van der Waals surface area (Å²) in [6.07, 6.45) is 12.3. The first-order chi connectivity index (χ1) is 9.29. The number of unbranched alkanes of at least 4 members (excludes halogenated alkanes) is 6. The third kappa shape index (κ3) is 4.34. The monoisotopic (exact) mass is 259 g/mol. The van der Waals surface area contributed by atoms with Crippen molar-refractivity contribution in [3.63, 3.8) is 0 Å². The maximum atomic E-state index is 4.53. The largest absolute Gasteiger partial charge is 0.341 e. The number of rotatable bonds is 8. The van der Waals surface area contributed by atoms with Crippen molar-refractivity contribution in [2.75, 3.05) is 0 Å². The zero-order valence-corrected chi connectivity index (χ0v) is 12.2. The maximum absolute atomic E-state index is 4.53. The van der Waals surface area contributed by atoms with Crippen LogP contribution < -0.4 is 0 Å². The Morgan fingerprint density at radius 1 is 1.05 bits per heavy atom. The molecule has 0 aliphatic heterocycles. The standard InChI is InChI=1S/C16H25N3/c1-3-4-5-6-7-8-9-10-15-18-14-11-13(2)12-17-16(14)19-15/h11-12H,3-10H2,1-2H3,(H,17,18,19). The first kappa shape index (κ1) is 14.0. The highest BCUT2D eigenvalue weighted by Gasteiger charge is 2.03. The fourth-order valence-corrected chi connectivity index (χ4v) is 2.42. The van der Waals surface area contributed by atoms with Crippen LogP contribution in [0.4, 0.5) is 0 Å². The first-order valence-electron chi connectivity index (χ1n) is 7.61. The van der Waals surface area contributed by atoms with Gasteiger partial charge in [-0.25, -0.2) is 9.97 Å². The number of nitrogens with one attached hydrogen (secondary N) is 1. The molecule has 0 fully saturated rings. The number of fused-ring (bicyclic) bond motifs is 1. The molecule has 0 radical (unpaired) electrons. The molecule has 0 saturated heterocycles. The van der Waals surface area contributed by atoms with E-state index in [9.17, 15) is 0 Å². The van der Waals surface area contributed by atoms with Crippen molar-refractivity contribution in [3.8, 4) is 0 Å². The highest BCUT2D eigenvalue weighted by molar-refractivity contribution is 5.70. The Bertz CT molecular complexity index is 502. The van der Waals surface area contributed by atoms with Crippen molar-refractivity contribution >= 4 is 11.2 Å². The predicted octanol–water partition coefficient (Wildman–Crippen LogP) is 4.56. The quantitative estimate of drug-likeness (QED) is 0.706. The lowest BCUT2D eigenvalue weighted by molar-refractivity contribution is 0.585. The minimum Gasteiger partial charge on any atom is -0.341 e. The number of aryl methyl sites for hydroxylation is 2. The Balaban J connectivity index is 1.72. The van der Waals surface area contributed by atoms with E-state index < -0.39 is 0 Å². The van der Waals surface area contributed by atoms with Crippen LogP contribution in [0.2, 0.25) is 0 Å². The van der Waals surface area contributed by atoms with Crippen LogP contribution >= 0.6 is 0 Å². The van der Waals surface area contributed by atoms with Crippen LogP contribution in [0.1, 0.15) is 63.3 Å². The van der Waals surface area contributed by atoms with Crippen LogP contribution in [0.25, 0.3) is 11.2 Å². The third-order valence-electron chi connectivity index (χ3n) is 3.54. The normalized spacial score (nSPS) is 11.3. The Kier molecular flexibility index (Phi) is 5.37. The molecule has 2 heterocycles. The molecule has 104 valence electrons. The average Bonchev–Trinajstić information content (AvgIpc) is 2.79. The number of nitrogens with zero attached hydrogens (tertiary/aromatic N) is 2. The van der Waals surface area contributed by atoms with E-state index >= 15 is 0 Å². The molecule has 0 atom stereocenters. The van der Waals surface area contributed by atoms with E-state index in [1.165, 1.54) is 50.5 Å². The average molecular weight is 259 g/mol. The molecule has 3 nitrogen and oxygen atoms in total. The Morgan fingerprint density at radius 2 is 1.79 bits per heavy atom. The molecule has 0 aromatic carbocycles. The van der Waals surface area contributed by atoms with Crippen LogP contribution in [0, 0.1) is 6.92 Å². The fourth-order valence-electron chi connectivity index (χ4n) is 2.42. The van der Waals surface area contributed by atoms with Gasteiger partial charge in [0.15, 0.2) is 5.65 Å². The van der Waals surface area contributed by atoms with E-state index in [1.807, 2.05) is 6.20 Å². The number of pyridine rings is 1. The second kappa shape index (κ2) is 7.27. The highest BCUT2D eigenvalue weighted by atomic mass is 15.0. The highest BCUT2D eigenvalue weighted by Crippen LogP contribution is 2.13. The van der Waals surface area contributed by atoms with Gasteiger partial charge in [-0.05, 0) is 25.0 Å².